The molecule has 2 aliphatic heterocycles. The summed E-state index contributed by atoms with van der Waals surface area (Å²) in [5.41, 5.74) is 0. The van der Waals surface area contributed by atoms with Crippen molar-refractivity contribution in [3.8, 4) is 0 Å². The lowest BCUT2D eigenvalue weighted by molar-refractivity contribution is 0.0238. The first kappa shape index (κ1) is 15.7. The Balaban J connectivity index is 1.66. The lowest BCUT2D eigenvalue weighted by atomic mass is 9.70. The summed E-state index contributed by atoms with van der Waals surface area (Å²) in [6.45, 7) is 4.01. The highest BCUT2D eigenvalue weighted by atomic mass is 19.1. The molecule has 0 aromatic heterocycles. The van der Waals surface area contributed by atoms with Crippen molar-refractivity contribution >= 4 is 0 Å². The number of nitrogens with one attached hydrogen (secondary N) is 3. The van der Waals surface area contributed by atoms with Crippen LogP contribution in [0.1, 0.15) is 45.4 Å². The van der Waals surface area contributed by atoms with E-state index in [1.807, 2.05) is 0 Å². The normalized spacial score (nSPS) is 49.0. The number of alkyl halides is 1. The molecular weight excluding hydrogens is 269 g/mol. The van der Waals surface area contributed by atoms with Crippen LogP contribution in [0.5, 0.6) is 0 Å². The van der Waals surface area contributed by atoms with Crippen molar-refractivity contribution in [3.05, 3.63) is 0 Å². The van der Waals surface area contributed by atoms with E-state index in [0.29, 0.717) is 23.9 Å². The fourth-order valence-corrected chi connectivity index (χ4v) is 4.69. The Labute approximate surface area is 127 Å². The van der Waals surface area contributed by atoms with Crippen molar-refractivity contribution in [2.45, 2.75) is 70.1 Å². The Bertz CT molecular complexity index is 343. The molecule has 2 heterocycles. The molecular formula is C16H30FN3O. The molecule has 21 heavy (non-hydrogen) atoms. The van der Waals surface area contributed by atoms with Gasteiger partial charge < -0.3 is 10.4 Å². The molecule has 0 spiro atoms. The number of aliphatic hydroxyl groups excluding tert-OH is 1. The molecule has 0 aromatic rings. The molecule has 5 heteroatoms. The van der Waals surface area contributed by atoms with Crippen LogP contribution in [0.15, 0.2) is 0 Å². The van der Waals surface area contributed by atoms with Gasteiger partial charge in [0.15, 0.2) is 6.35 Å². The van der Waals surface area contributed by atoms with Crippen LogP contribution in [-0.2, 0) is 0 Å². The monoisotopic (exact) mass is 299 g/mol. The fraction of sp³-hybridized carbons (Fsp3) is 1.00. The highest BCUT2D eigenvalue weighted by molar-refractivity contribution is 4.96. The molecule has 1 saturated carbocycles. The van der Waals surface area contributed by atoms with Crippen molar-refractivity contribution in [3.63, 3.8) is 0 Å². The van der Waals surface area contributed by atoms with Crippen LogP contribution in [0.4, 0.5) is 4.39 Å². The molecule has 4 nitrogen and oxygen atoms in total. The zero-order valence-electron chi connectivity index (χ0n) is 13.0. The Morgan fingerprint density at radius 2 is 1.90 bits per heavy atom. The standard InChI is InChI=1S/C16H30FN3O/c1-10-9-11(4-5-13(10)17)15-12(3-2-7-18-15)14-6-8-19-16(21)20-14/h10-16,18-21H,2-9H2,1H3. The molecule has 3 fully saturated rings. The summed E-state index contributed by atoms with van der Waals surface area (Å²) in [4.78, 5) is 0. The number of rotatable bonds is 2. The minimum Gasteiger partial charge on any atom is -0.365 e. The van der Waals surface area contributed by atoms with Gasteiger partial charge in [-0.3, -0.25) is 10.6 Å². The lowest BCUT2D eigenvalue weighted by Crippen LogP contribution is -2.61. The van der Waals surface area contributed by atoms with Gasteiger partial charge in [-0.15, -0.1) is 0 Å². The molecule has 2 saturated heterocycles. The number of hydrogen-bond donors (Lipinski definition) is 4. The van der Waals surface area contributed by atoms with E-state index < -0.39 is 12.5 Å². The third-order valence-corrected chi connectivity index (χ3v) is 5.85. The van der Waals surface area contributed by atoms with Crippen LogP contribution in [0.2, 0.25) is 0 Å². The number of aliphatic hydroxyl groups is 1. The quantitative estimate of drug-likeness (QED) is 0.622. The van der Waals surface area contributed by atoms with E-state index >= 15 is 0 Å². The molecule has 0 bridgehead atoms. The molecule has 0 amide bonds. The zero-order chi connectivity index (χ0) is 14.8. The second-order valence-electron chi connectivity index (χ2n) is 7.27. The molecule has 3 aliphatic rings. The van der Waals surface area contributed by atoms with Gasteiger partial charge in [0.25, 0.3) is 0 Å². The first-order chi connectivity index (χ1) is 10.1. The minimum absolute atomic E-state index is 0.194. The summed E-state index contributed by atoms with van der Waals surface area (Å²) in [7, 11) is 0. The third-order valence-electron chi connectivity index (χ3n) is 5.85. The molecule has 7 atom stereocenters. The van der Waals surface area contributed by atoms with Crippen LogP contribution >= 0.6 is 0 Å². The number of piperidine rings is 1. The van der Waals surface area contributed by atoms with Gasteiger partial charge in [0, 0.05) is 18.6 Å². The van der Waals surface area contributed by atoms with Crippen LogP contribution < -0.4 is 16.0 Å². The lowest BCUT2D eigenvalue weighted by Gasteiger charge is -2.46. The van der Waals surface area contributed by atoms with Crippen LogP contribution in [-0.4, -0.2) is 42.8 Å². The van der Waals surface area contributed by atoms with E-state index in [1.165, 1.54) is 12.8 Å². The molecule has 0 aromatic carbocycles. The molecule has 4 N–H and O–H groups in total. The second kappa shape index (κ2) is 6.90. The SMILES string of the molecule is CC1CC(C2NCCCC2C2CCNC(O)N2)CCC1F. The van der Waals surface area contributed by atoms with Gasteiger partial charge in [-0.05, 0) is 62.8 Å². The Hall–Kier alpha value is -0.230. The summed E-state index contributed by atoms with van der Waals surface area (Å²) >= 11 is 0. The average molecular weight is 299 g/mol. The van der Waals surface area contributed by atoms with Crippen molar-refractivity contribution in [1.82, 2.24) is 16.0 Å². The van der Waals surface area contributed by atoms with Gasteiger partial charge in [-0.1, -0.05) is 6.92 Å². The molecule has 3 rings (SSSR count). The Kier molecular flexibility index (Phi) is 5.15. The third kappa shape index (κ3) is 3.58. The average Bonchev–Trinajstić information content (AvgIpc) is 2.50. The van der Waals surface area contributed by atoms with Gasteiger partial charge in [-0.2, -0.15) is 0 Å². The molecule has 7 unspecified atom stereocenters. The van der Waals surface area contributed by atoms with Gasteiger partial charge in [-0.25, -0.2) is 4.39 Å². The minimum atomic E-state index is -0.609. The van der Waals surface area contributed by atoms with E-state index in [-0.39, 0.29) is 5.92 Å². The predicted molar refractivity (Wildman–Crippen MR) is 81.5 cm³/mol. The van der Waals surface area contributed by atoms with Crippen LogP contribution in [0, 0.1) is 17.8 Å². The maximum absolute atomic E-state index is 13.7. The second-order valence-corrected chi connectivity index (χ2v) is 7.27. The maximum atomic E-state index is 13.7. The van der Waals surface area contributed by atoms with E-state index in [1.54, 1.807) is 0 Å². The van der Waals surface area contributed by atoms with Gasteiger partial charge in [0.05, 0.1) is 0 Å². The van der Waals surface area contributed by atoms with E-state index in [0.717, 1.165) is 38.8 Å². The highest BCUT2D eigenvalue weighted by Gasteiger charge is 2.40. The zero-order valence-corrected chi connectivity index (χ0v) is 13.0. The summed E-state index contributed by atoms with van der Waals surface area (Å²) in [5, 5.41) is 19.9. The summed E-state index contributed by atoms with van der Waals surface area (Å²) < 4.78 is 13.7. The van der Waals surface area contributed by atoms with E-state index in [2.05, 4.69) is 22.9 Å². The molecule has 122 valence electrons. The number of halogens is 1. The van der Waals surface area contributed by atoms with Crippen molar-refractivity contribution in [2.24, 2.45) is 17.8 Å². The first-order valence-electron chi connectivity index (χ1n) is 8.70. The van der Waals surface area contributed by atoms with Gasteiger partial charge in [0.1, 0.15) is 6.17 Å². The van der Waals surface area contributed by atoms with Gasteiger partial charge >= 0.3 is 0 Å². The Morgan fingerprint density at radius 3 is 2.67 bits per heavy atom. The highest BCUT2D eigenvalue weighted by Crippen LogP contribution is 2.38. The smallest absolute Gasteiger partial charge is 0.160 e. The predicted octanol–water partition coefficient (Wildman–Crippen LogP) is 1.36. The summed E-state index contributed by atoms with van der Waals surface area (Å²) in [5.74, 6) is 1.34. The van der Waals surface area contributed by atoms with E-state index in [4.69, 9.17) is 0 Å². The van der Waals surface area contributed by atoms with Crippen LogP contribution in [0.3, 0.4) is 0 Å². The fourth-order valence-electron chi connectivity index (χ4n) is 4.69. The van der Waals surface area contributed by atoms with Crippen LogP contribution in [0.25, 0.3) is 0 Å². The topological polar surface area (TPSA) is 56.3 Å². The molecule has 0 radical (unpaired) electrons. The largest absolute Gasteiger partial charge is 0.365 e. The van der Waals surface area contributed by atoms with Crippen molar-refractivity contribution in [1.29, 1.82) is 0 Å². The Morgan fingerprint density at radius 1 is 1.05 bits per heavy atom. The van der Waals surface area contributed by atoms with Crippen molar-refractivity contribution < 1.29 is 9.50 Å². The first-order valence-corrected chi connectivity index (χ1v) is 8.70. The number of hydrogen-bond acceptors (Lipinski definition) is 4. The molecule has 1 aliphatic carbocycles. The summed E-state index contributed by atoms with van der Waals surface area (Å²) in [6.07, 6.45) is 5.03. The van der Waals surface area contributed by atoms with Gasteiger partial charge in [0.2, 0.25) is 0 Å². The maximum Gasteiger partial charge on any atom is 0.160 e. The summed E-state index contributed by atoms with van der Waals surface area (Å²) in [6, 6.07) is 0.856. The van der Waals surface area contributed by atoms with E-state index in [9.17, 15) is 9.50 Å². The van der Waals surface area contributed by atoms with Crippen molar-refractivity contribution in [2.75, 3.05) is 13.1 Å².